The molecule has 0 aliphatic carbocycles. The van der Waals surface area contributed by atoms with Gasteiger partial charge in [0, 0.05) is 5.69 Å². The Labute approximate surface area is 103 Å². The van der Waals surface area contributed by atoms with Crippen LogP contribution in [0.5, 0.6) is 0 Å². The molecule has 1 unspecified atom stereocenters. The van der Waals surface area contributed by atoms with E-state index >= 15 is 0 Å². The maximum atomic E-state index is 11.1. The quantitative estimate of drug-likeness (QED) is 0.789. The third-order valence-corrected chi connectivity index (χ3v) is 3.48. The molecule has 0 spiro atoms. The highest BCUT2D eigenvalue weighted by Gasteiger charge is 2.19. The van der Waals surface area contributed by atoms with Crippen molar-refractivity contribution in [3.8, 4) is 0 Å². The van der Waals surface area contributed by atoms with Crippen molar-refractivity contribution < 1.29 is 9.90 Å². The molecule has 0 fully saturated rings. The predicted molar refractivity (Wildman–Crippen MR) is 70.2 cm³/mol. The first kappa shape index (κ1) is 13.6. The van der Waals surface area contributed by atoms with Crippen LogP contribution in [-0.2, 0) is 11.2 Å². The van der Waals surface area contributed by atoms with Crippen LogP contribution in [-0.4, -0.2) is 11.1 Å². The maximum absolute atomic E-state index is 11.1. The summed E-state index contributed by atoms with van der Waals surface area (Å²) in [4.78, 5) is 11.1. The summed E-state index contributed by atoms with van der Waals surface area (Å²) in [5, 5.41) is 9.11. The van der Waals surface area contributed by atoms with Gasteiger partial charge in [-0.1, -0.05) is 13.0 Å². The van der Waals surface area contributed by atoms with Gasteiger partial charge in [-0.15, -0.1) is 0 Å². The minimum atomic E-state index is -0.731. The van der Waals surface area contributed by atoms with Crippen LogP contribution in [0.1, 0.15) is 35.6 Å². The topological polar surface area (TPSA) is 63.3 Å². The van der Waals surface area contributed by atoms with E-state index in [0.717, 1.165) is 27.9 Å². The van der Waals surface area contributed by atoms with E-state index in [-0.39, 0.29) is 5.92 Å². The molecule has 0 heterocycles. The van der Waals surface area contributed by atoms with Gasteiger partial charge in [0.05, 0.1) is 5.92 Å². The fourth-order valence-corrected chi connectivity index (χ4v) is 2.21. The number of nitrogens with two attached hydrogens (primary N) is 1. The average molecular weight is 235 g/mol. The van der Waals surface area contributed by atoms with Crippen LogP contribution in [0.25, 0.3) is 0 Å². The number of carboxylic acids is 1. The Morgan fingerprint density at radius 2 is 1.94 bits per heavy atom. The molecular weight excluding hydrogens is 214 g/mol. The van der Waals surface area contributed by atoms with Crippen LogP contribution in [0.4, 0.5) is 5.69 Å². The fraction of sp³-hybridized carbons (Fsp3) is 0.500. The van der Waals surface area contributed by atoms with Gasteiger partial charge in [-0.25, -0.2) is 0 Å². The normalized spacial score (nSPS) is 12.5. The van der Waals surface area contributed by atoms with Gasteiger partial charge in [0.25, 0.3) is 0 Å². The van der Waals surface area contributed by atoms with Crippen LogP contribution in [0.2, 0.25) is 0 Å². The maximum Gasteiger partial charge on any atom is 0.306 e. The number of rotatable bonds is 4. The molecule has 1 aromatic carbocycles. The van der Waals surface area contributed by atoms with Crippen LogP contribution < -0.4 is 5.73 Å². The summed E-state index contributed by atoms with van der Waals surface area (Å²) in [5.74, 6) is -1.06. The van der Waals surface area contributed by atoms with Gasteiger partial charge in [-0.05, 0) is 55.9 Å². The second-order valence-corrected chi connectivity index (χ2v) is 4.68. The van der Waals surface area contributed by atoms with Crippen molar-refractivity contribution in [3.63, 3.8) is 0 Å². The summed E-state index contributed by atoms with van der Waals surface area (Å²) in [6, 6.07) is 2.03. The number of carbonyl (C=O) groups is 1. The van der Waals surface area contributed by atoms with Crippen molar-refractivity contribution >= 4 is 11.7 Å². The van der Waals surface area contributed by atoms with Crippen molar-refractivity contribution in [1.82, 2.24) is 0 Å². The van der Waals surface area contributed by atoms with Crippen LogP contribution in [0.15, 0.2) is 6.07 Å². The summed E-state index contributed by atoms with van der Waals surface area (Å²) in [6.45, 7) is 7.87. The minimum absolute atomic E-state index is 0.325. The molecule has 1 aromatic rings. The van der Waals surface area contributed by atoms with Crippen LogP contribution >= 0.6 is 0 Å². The molecule has 0 amide bonds. The summed E-state index contributed by atoms with van der Waals surface area (Å²) in [5.41, 5.74) is 11.1. The van der Waals surface area contributed by atoms with Crippen molar-refractivity contribution in [2.75, 3.05) is 5.73 Å². The zero-order chi connectivity index (χ0) is 13.2. The summed E-state index contributed by atoms with van der Waals surface area (Å²) in [6.07, 6.45) is 1.20. The van der Waals surface area contributed by atoms with E-state index in [1.165, 1.54) is 0 Å². The van der Waals surface area contributed by atoms with Crippen LogP contribution in [0, 0.1) is 26.7 Å². The van der Waals surface area contributed by atoms with Gasteiger partial charge < -0.3 is 10.8 Å². The second kappa shape index (κ2) is 5.21. The van der Waals surface area contributed by atoms with Gasteiger partial charge in [-0.3, -0.25) is 4.79 Å². The van der Waals surface area contributed by atoms with E-state index in [9.17, 15) is 4.79 Å². The summed E-state index contributed by atoms with van der Waals surface area (Å²) >= 11 is 0. The first-order chi connectivity index (χ1) is 7.88. The molecule has 17 heavy (non-hydrogen) atoms. The first-order valence-corrected chi connectivity index (χ1v) is 5.96. The molecule has 0 bridgehead atoms. The van der Waals surface area contributed by atoms with Crippen molar-refractivity contribution in [2.24, 2.45) is 5.92 Å². The lowest BCUT2D eigenvalue weighted by molar-refractivity contribution is -0.141. The van der Waals surface area contributed by atoms with E-state index in [1.54, 1.807) is 0 Å². The van der Waals surface area contributed by atoms with Gasteiger partial charge in [0.2, 0.25) is 0 Å². The van der Waals surface area contributed by atoms with E-state index < -0.39 is 5.97 Å². The Morgan fingerprint density at radius 3 is 2.41 bits per heavy atom. The summed E-state index contributed by atoms with van der Waals surface area (Å²) in [7, 11) is 0. The lowest BCUT2D eigenvalue weighted by Crippen LogP contribution is -2.17. The monoisotopic (exact) mass is 235 g/mol. The lowest BCUT2D eigenvalue weighted by atomic mass is 9.89. The zero-order valence-electron chi connectivity index (χ0n) is 11.0. The number of aryl methyl sites for hydroxylation is 2. The van der Waals surface area contributed by atoms with Gasteiger partial charge in [-0.2, -0.15) is 0 Å². The van der Waals surface area contributed by atoms with Crippen molar-refractivity contribution in [1.29, 1.82) is 0 Å². The van der Waals surface area contributed by atoms with E-state index in [1.807, 2.05) is 33.8 Å². The van der Waals surface area contributed by atoms with E-state index in [2.05, 4.69) is 0 Å². The van der Waals surface area contributed by atoms with E-state index in [0.29, 0.717) is 12.8 Å². The predicted octanol–water partition coefficient (Wildman–Crippen LogP) is 2.85. The molecule has 3 N–H and O–H groups in total. The smallest absolute Gasteiger partial charge is 0.306 e. The fourth-order valence-electron chi connectivity index (χ4n) is 2.21. The molecule has 0 aliphatic rings. The SMILES string of the molecule is CCC(Cc1c(C)cc(C)c(N)c1C)C(=O)O. The number of benzene rings is 1. The highest BCUT2D eigenvalue weighted by atomic mass is 16.4. The molecule has 0 aliphatic heterocycles. The van der Waals surface area contributed by atoms with Gasteiger partial charge in [0.1, 0.15) is 0 Å². The third kappa shape index (κ3) is 2.78. The molecule has 0 radical (unpaired) electrons. The largest absolute Gasteiger partial charge is 0.481 e. The molecule has 1 rings (SSSR count). The Bertz CT molecular complexity index is 438. The molecule has 94 valence electrons. The standard InChI is InChI=1S/C14H21NO2/c1-5-11(14(16)17)7-12-8(2)6-9(3)13(15)10(12)4/h6,11H,5,7,15H2,1-4H3,(H,16,17). The molecule has 0 saturated heterocycles. The number of aliphatic carboxylic acids is 1. The Morgan fingerprint density at radius 1 is 1.35 bits per heavy atom. The number of nitrogen functional groups attached to an aromatic ring is 1. The number of anilines is 1. The number of hydrogen-bond acceptors (Lipinski definition) is 2. The molecular formula is C14H21NO2. The van der Waals surface area contributed by atoms with Gasteiger partial charge in [0.15, 0.2) is 0 Å². The molecule has 1 atom stereocenters. The first-order valence-electron chi connectivity index (χ1n) is 5.96. The highest BCUT2D eigenvalue weighted by Crippen LogP contribution is 2.27. The zero-order valence-corrected chi connectivity index (χ0v) is 11.0. The average Bonchev–Trinajstić information content (AvgIpc) is 2.26. The Kier molecular flexibility index (Phi) is 4.16. The molecule has 0 saturated carbocycles. The Balaban J connectivity index is 3.14. The number of carboxylic acid groups (broad SMARTS) is 1. The van der Waals surface area contributed by atoms with Crippen molar-refractivity contribution in [2.45, 2.75) is 40.5 Å². The summed E-state index contributed by atoms with van der Waals surface area (Å²) < 4.78 is 0. The van der Waals surface area contributed by atoms with E-state index in [4.69, 9.17) is 10.8 Å². The highest BCUT2D eigenvalue weighted by molar-refractivity contribution is 5.71. The molecule has 3 heteroatoms. The number of hydrogen-bond donors (Lipinski definition) is 2. The third-order valence-electron chi connectivity index (χ3n) is 3.48. The van der Waals surface area contributed by atoms with Gasteiger partial charge >= 0.3 is 5.97 Å². The minimum Gasteiger partial charge on any atom is -0.481 e. The molecule has 3 nitrogen and oxygen atoms in total. The molecule has 0 aromatic heterocycles. The lowest BCUT2D eigenvalue weighted by Gasteiger charge is -2.17. The van der Waals surface area contributed by atoms with Crippen molar-refractivity contribution in [3.05, 3.63) is 28.3 Å². The van der Waals surface area contributed by atoms with Crippen LogP contribution in [0.3, 0.4) is 0 Å². The second-order valence-electron chi connectivity index (χ2n) is 4.68. The Hall–Kier alpha value is -1.51.